The molecule has 0 saturated heterocycles. The summed E-state index contributed by atoms with van der Waals surface area (Å²) in [4.78, 5) is 23.2. The number of hydrogen-bond acceptors (Lipinski definition) is 8. The van der Waals surface area contributed by atoms with Gasteiger partial charge in [-0.15, -0.1) is 0 Å². The third-order valence-corrected chi connectivity index (χ3v) is 3.75. The average molecular weight is 345 g/mol. The van der Waals surface area contributed by atoms with E-state index in [0.717, 1.165) is 7.11 Å². The number of esters is 1. The van der Waals surface area contributed by atoms with E-state index in [9.17, 15) is 20.2 Å². The van der Waals surface area contributed by atoms with E-state index in [-0.39, 0.29) is 39.8 Å². The topological polar surface area (TPSA) is 138 Å². The van der Waals surface area contributed by atoms with Crippen molar-refractivity contribution in [3.8, 4) is 11.8 Å². The van der Waals surface area contributed by atoms with Crippen molar-refractivity contribution in [3.05, 3.63) is 56.7 Å². The Balaban J connectivity index is 2.84. The summed E-state index contributed by atoms with van der Waals surface area (Å²) in [5, 5.41) is 21.0. The lowest BCUT2D eigenvalue weighted by atomic mass is 9.82. The maximum Gasteiger partial charge on any atom is 0.338 e. The fraction of sp³-hybridized carbons (Fsp3) is 0.250. The monoisotopic (exact) mass is 345 g/mol. The third-order valence-electron chi connectivity index (χ3n) is 3.75. The van der Waals surface area contributed by atoms with E-state index in [1.54, 1.807) is 0 Å². The van der Waals surface area contributed by atoms with Gasteiger partial charge < -0.3 is 19.9 Å². The maximum atomic E-state index is 12.2. The molecule has 1 atom stereocenters. The van der Waals surface area contributed by atoms with E-state index in [1.807, 2.05) is 6.07 Å². The molecule has 9 nitrogen and oxygen atoms in total. The van der Waals surface area contributed by atoms with Crippen molar-refractivity contribution in [1.29, 1.82) is 5.26 Å². The molecular formula is C16H15N3O6. The van der Waals surface area contributed by atoms with E-state index in [1.165, 1.54) is 32.2 Å². The molecule has 2 N–H and O–H groups in total. The van der Waals surface area contributed by atoms with Gasteiger partial charge >= 0.3 is 11.7 Å². The standard InChI is InChI=1S/C16H15N3O6/c1-8-12(16(20)24-3)13(10(7-17)15(18)25-8)9-5-4-6-11(23-2)14(9)19(21)22/h4-6,13H,18H2,1-3H3. The van der Waals surface area contributed by atoms with Crippen LogP contribution in [-0.4, -0.2) is 25.1 Å². The first-order chi connectivity index (χ1) is 11.9. The lowest BCUT2D eigenvalue weighted by Gasteiger charge is -2.26. The third kappa shape index (κ3) is 2.97. The zero-order valence-corrected chi connectivity index (χ0v) is 13.7. The van der Waals surface area contributed by atoms with Crippen LogP contribution in [0.4, 0.5) is 5.69 Å². The van der Waals surface area contributed by atoms with Gasteiger partial charge in [0.05, 0.1) is 30.6 Å². The van der Waals surface area contributed by atoms with Crippen molar-refractivity contribution in [2.24, 2.45) is 5.73 Å². The number of allylic oxidation sites excluding steroid dienone is 2. The van der Waals surface area contributed by atoms with Crippen molar-refractivity contribution in [1.82, 2.24) is 0 Å². The summed E-state index contributed by atoms with van der Waals surface area (Å²) in [6.45, 7) is 1.46. The summed E-state index contributed by atoms with van der Waals surface area (Å²) in [7, 11) is 2.45. The minimum Gasteiger partial charge on any atom is -0.490 e. The molecule has 0 saturated carbocycles. The number of para-hydroxylation sites is 1. The Bertz CT molecular complexity index is 850. The van der Waals surface area contributed by atoms with Gasteiger partial charge in [0.1, 0.15) is 17.4 Å². The fourth-order valence-electron chi connectivity index (χ4n) is 2.70. The first kappa shape index (κ1) is 17.8. The molecule has 1 aromatic rings. The van der Waals surface area contributed by atoms with Crippen LogP contribution < -0.4 is 10.5 Å². The molecule has 0 aliphatic carbocycles. The first-order valence-electron chi connectivity index (χ1n) is 7.05. The Morgan fingerprint density at radius 2 is 2.12 bits per heavy atom. The number of nitrogens with zero attached hydrogens (tertiary/aromatic N) is 2. The summed E-state index contributed by atoms with van der Waals surface area (Å²) in [5.74, 6) is -2.02. The summed E-state index contributed by atoms with van der Waals surface area (Å²) in [6.07, 6.45) is 0. The number of ether oxygens (including phenoxy) is 3. The number of carbonyl (C=O) groups excluding carboxylic acids is 1. The van der Waals surface area contributed by atoms with Crippen LogP contribution in [0.3, 0.4) is 0 Å². The fourth-order valence-corrected chi connectivity index (χ4v) is 2.70. The number of nitriles is 1. The summed E-state index contributed by atoms with van der Waals surface area (Å²) >= 11 is 0. The van der Waals surface area contributed by atoms with E-state index in [0.29, 0.717) is 0 Å². The SMILES string of the molecule is COC(=O)C1=C(C)OC(N)=C(C#N)C1c1cccc(OC)c1[N+](=O)[O-]. The van der Waals surface area contributed by atoms with Gasteiger partial charge in [0.15, 0.2) is 5.75 Å². The van der Waals surface area contributed by atoms with Crippen molar-refractivity contribution in [2.75, 3.05) is 14.2 Å². The largest absolute Gasteiger partial charge is 0.490 e. The Labute approximate surface area is 143 Å². The van der Waals surface area contributed by atoms with Crippen LogP contribution in [0, 0.1) is 21.4 Å². The van der Waals surface area contributed by atoms with Crippen LogP contribution in [0.5, 0.6) is 5.75 Å². The number of hydrogen-bond donors (Lipinski definition) is 1. The molecule has 25 heavy (non-hydrogen) atoms. The molecule has 2 rings (SSSR count). The van der Waals surface area contributed by atoms with E-state index in [2.05, 4.69) is 0 Å². The van der Waals surface area contributed by atoms with E-state index < -0.39 is 16.8 Å². The quantitative estimate of drug-likeness (QED) is 0.496. The second-order valence-electron chi connectivity index (χ2n) is 5.04. The zero-order valence-electron chi connectivity index (χ0n) is 13.7. The highest BCUT2D eigenvalue weighted by Gasteiger charge is 2.40. The highest BCUT2D eigenvalue weighted by Crippen LogP contribution is 2.45. The van der Waals surface area contributed by atoms with Crippen molar-refractivity contribution in [2.45, 2.75) is 12.8 Å². The van der Waals surface area contributed by atoms with Crippen molar-refractivity contribution in [3.63, 3.8) is 0 Å². The lowest BCUT2D eigenvalue weighted by Crippen LogP contribution is -2.25. The lowest BCUT2D eigenvalue weighted by molar-refractivity contribution is -0.386. The Morgan fingerprint density at radius 1 is 1.44 bits per heavy atom. The number of methoxy groups -OCH3 is 2. The minimum absolute atomic E-state index is 0.00766. The number of nitrogens with two attached hydrogens (primary N) is 1. The Hall–Kier alpha value is -3.54. The Kier molecular flexibility index (Phi) is 4.93. The highest BCUT2D eigenvalue weighted by molar-refractivity contribution is 5.93. The normalized spacial score (nSPS) is 16.8. The van der Waals surface area contributed by atoms with Crippen LogP contribution >= 0.6 is 0 Å². The van der Waals surface area contributed by atoms with Gasteiger partial charge in [0.2, 0.25) is 5.88 Å². The van der Waals surface area contributed by atoms with Gasteiger partial charge in [0, 0.05) is 5.56 Å². The van der Waals surface area contributed by atoms with E-state index >= 15 is 0 Å². The van der Waals surface area contributed by atoms with Crippen LogP contribution in [0.15, 0.2) is 41.0 Å². The zero-order chi connectivity index (χ0) is 18.7. The predicted octanol–water partition coefficient (Wildman–Crippen LogP) is 1.86. The molecule has 130 valence electrons. The van der Waals surface area contributed by atoms with Crippen LogP contribution in [0.2, 0.25) is 0 Å². The molecule has 1 aliphatic heterocycles. The van der Waals surface area contributed by atoms with Gasteiger partial charge in [-0.2, -0.15) is 5.26 Å². The number of nitro groups is 1. The summed E-state index contributed by atoms with van der Waals surface area (Å²) < 4.78 is 15.0. The van der Waals surface area contributed by atoms with Gasteiger partial charge in [-0.05, 0) is 13.0 Å². The average Bonchev–Trinajstić information content (AvgIpc) is 2.59. The molecule has 0 bridgehead atoms. The molecule has 1 unspecified atom stereocenters. The number of rotatable bonds is 4. The van der Waals surface area contributed by atoms with Gasteiger partial charge in [-0.25, -0.2) is 4.79 Å². The molecular weight excluding hydrogens is 330 g/mol. The second kappa shape index (κ2) is 6.92. The number of carbonyl (C=O) groups is 1. The molecule has 0 spiro atoms. The van der Waals surface area contributed by atoms with Crippen LogP contribution in [0.25, 0.3) is 0 Å². The molecule has 9 heteroatoms. The molecule has 0 radical (unpaired) electrons. The highest BCUT2D eigenvalue weighted by atomic mass is 16.6. The van der Waals surface area contributed by atoms with Crippen LogP contribution in [-0.2, 0) is 14.3 Å². The molecule has 1 aromatic carbocycles. The van der Waals surface area contributed by atoms with Gasteiger partial charge in [-0.3, -0.25) is 10.1 Å². The van der Waals surface area contributed by atoms with Gasteiger partial charge in [-0.1, -0.05) is 12.1 Å². The molecule has 1 heterocycles. The van der Waals surface area contributed by atoms with E-state index in [4.69, 9.17) is 19.9 Å². The smallest absolute Gasteiger partial charge is 0.338 e. The number of benzene rings is 1. The summed E-state index contributed by atoms with van der Waals surface area (Å²) in [6, 6.07) is 6.22. The first-order valence-corrected chi connectivity index (χ1v) is 7.05. The molecule has 0 amide bonds. The molecule has 0 fully saturated rings. The Morgan fingerprint density at radius 3 is 2.64 bits per heavy atom. The molecule has 0 aromatic heterocycles. The van der Waals surface area contributed by atoms with Crippen molar-refractivity contribution < 1.29 is 23.9 Å². The van der Waals surface area contributed by atoms with Crippen LogP contribution in [0.1, 0.15) is 18.4 Å². The summed E-state index contributed by atoms with van der Waals surface area (Å²) in [5.41, 5.74) is 5.30. The predicted molar refractivity (Wildman–Crippen MR) is 85.0 cm³/mol. The molecule has 1 aliphatic rings. The maximum absolute atomic E-state index is 12.2. The van der Waals surface area contributed by atoms with Gasteiger partial charge in [0.25, 0.3) is 0 Å². The minimum atomic E-state index is -1.11. The number of nitro benzene ring substituents is 1. The van der Waals surface area contributed by atoms with Crippen molar-refractivity contribution >= 4 is 11.7 Å². The second-order valence-corrected chi connectivity index (χ2v) is 5.04.